The zero-order chi connectivity index (χ0) is 28.5. The van der Waals surface area contributed by atoms with Crippen LogP contribution in [0.1, 0.15) is 46.8 Å². The Hall–Kier alpha value is -3.20. The van der Waals surface area contributed by atoms with Gasteiger partial charge in [0.2, 0.25) is 0 Å². The van der Waals surface area contributed by atoms with E-state index in [1.54, 1.807) is 0 Å². The van der Waals surface area contributed by atoms with Gasteiger partial charge in [0.1, 0.15) is 5.82 Å². The molecular formula is C33H38BrN5O2. The first-order valence-corrected chi connectivity index (χ1v) is 15.4. The number of ketones is 1. The third kappa shape index (κ3) is 5.92. The molecule has 2 saturated heterocycles. The normalized spacial score (nSPS) is 16.9. The molecule has 6 rings (SSSR count). The topological polar surface area (TPSA) is 76.6 Å². The first kappa shape index (κ1) is 27.9. The molecule has 0 saturated carbocycles. The first-order valence-electron chi connectivity index (χ1n) is 14.6. The highest BCUT2D eigenvalue weighted by Gasteiger charge is 2.22. The molecule has 2 fully saturated rings. The van der Waals surface area contributed by atoms with Crippen molar-refractivity contribution >= 4 is 44.1 Å². The van der Waals surface area contributed by atoms with E-state index in [1.807, 2.05) is 19.2 Å². The number of Topliss-reactive ketones (excluding diaryl/α,β-unsaturated/α-hetero) is 1. The molecule has 214 valence electrons. The lowest BCUT2D eigenvalue weighted by molar-refractivity contribution is 0.0707. The number of hydrogen-bond acceptors (Lipinski definition) is 6. The van der Waals surface area contributed by atoms with Crippen LogP contribution in [0, 0.1) is 6.92 Å². The molecule has 0 unspecified atom stereocenters. The Morgan fingerprint density at radius 2 is 1.83 bits per heavy atom. The third-order valence-corrected chi connectivity index (χ3v) is 9.27. The van der Waals surface area contributed by atoms with Crippen molar-refractivity contribution in [1.29, 1.82) is 0 Å². The Bertz CT molecular complexity index is 1550. The van der Waals surface area contributed by atoms with E-state index in [4.69, 9.17) is 15.5 Å². The fourth-order valence-electron chi connectivity index (χ4n) is 6.14. The van der Waals surface area contributed by atoms with Gasteiger partial charge in [-0.15, -0.1) is 0 Å². The summed E-state index contributed by atoms with van der Waals surface area (Å²) in [6.07, 6.45) is 7.03. The van der Waals surface area contributed by atoms with Gasteiger partial charge in [-0.25, -0.2) is 4.98 Å². The van der Waals surface area contributed by atoms with Crippen molar-refractivity contribution in [3.63, 3.8) is 0 Å². The van der Waals surface area contributed by atoms with Crippen LogP contribution in [0.4, 0.5) is 11.5 Å². The number of likely N-dealkylation sites (N-methyl/N-ethyl adjacent to an activating group) is 1. The smallest absolute Gasteiger partial charge is 0.163 e. The minimum absolute atomic E-state index is 0.126. The first-order chi connectivity index (χ1) is 19.9. The number of aromatic nitrogens is 2. The maximum Gasteiger partial charge on any atom is 0.163 e. The predicted molar refractivity (Wildman–Crippen MR) is 170 cm³/mol. The van der Waals surface area contributed by atoms with Gasteiger partial charge in [-0.2, -0.15) is 0 Å². The second kappa shape index (κ2) is 12.0. The predicted octanol–water partition coefficient (Wildman–Crippen LogP) is 6.28. The summed E-state index contributed by atoms with van der Waals surface area (Å²) in [5, 5.41) is 1.01. The van der Waals surface area contributed by atoms with Crippen LogP contribution in [0.15, 0.2) is 59.3 Å². The number of carbonyl (C=O) groups excluding carboxylic acids is 1. The fourth-order valence-corrected chi connectivity index (χ4v) is 6.75. The summed E-state index contributed by atoms with van der Waals surface area (Å²) in [6.45, 7) is 7.62. The van der Waals surface area contributed by atoms with Crippen LogP contribution < -0.4 is 10.6 Å². The van der Waals surface area contributed by atoms with Crippen molar-refractivity contribution in [2.45, 2.75) is 38.6 Å². The summed E-state index contributed by atoms with van der Waals surface area (Å²) < 4.78 is 8.86. The maximum absolute atomic E-state index is 13.9. The number of carbonyl (C=O) groups is 1. The van der Waals surface area contributed by atoms with Crippen LogP contribution in [0.25, 0.3) is 22.0 Å². The molecule has 2 aromatic carbocycles. The van der Waals surface area contributed by atoms with E-state index in [0.29, 0.717) is 24.6 Å². The quantitative estimate of drug-likeness (QED) is 0.195. The molecule has 2 aliphatic heterocycles. The van der Waals surface area contributed by atoms with Gasteiger partial charge in [0.15, 0.2) is 5.78 Å². The lowest BCUT2D eigenvalue weighted by atomic mass is 9.95. The number of anilines is 2. The maximum atomic E-state index is 13.9. The molecular weight excluding hydrogens is 578 g/mol. The number of hydrogen-bond donors (Lipinski definition) is 1. The molecule has 0 bridgehead atoms. The number of halogens is 1. The summed E-state index contributed by atoms with van der Waals surface area (Å²) in [6, 6.07) is 15.1. The summed E-state index contributed by atoms with van der Waals surface area (Å²) in [4.78, 5) is 23.4. The number of nitrogen functional groups attached to an aromatic ring is 1. The largest absolute Gasteiger partial charge is 0.398 e. The number of fused-ring (bicyclic) bond motifs is 1. The summed E-state index contributed by atoms with van der Waals surface area (Å²) in [7, 11) is 2.16. The van der Waals surface area contributed by atoms with Crippen molar-refractivity contribution in [1.82, 2.24) is 14.5 Å². The number of rotatable bonds is 7. The van der Waals surface area contributed by atoms with Crippen molar-refractivity contribution in [2.75, 3.05) is 57.1 Å². The minimum atomic E-state index is 0.126. The van der Waals surface area contributed by atoms with Gasteiger partial charge in [-0.05, 0) is 102 Å². The highest BCUT2D eigenvalue weighted by molar-refractivity contribution is 9.10. The second-order valence-corrected chi connectivity index (χ2v) is 12.3. The molecule has 2 aliphatic rings. The van der Waals surface area contributed by atoms with E-state index in [2.05, 4.69) is 79.9 Å². The number of pyridine rings is 1. The van der Waals surface area contributed by atoms with Crippen LogP contribution in [-0.2, 0) is 11.2 Å². The number of piperazine rings is 1. The molecule has 0 amide bonds. The monoisotopic (exact) mass is 615 g/mol. The number of nitrogens with zero attached hydrogens (tertiary/aromatic N) is 4. The molecule has 41 heavy (non-hydrogen) atoms. The highest BCUT2D eigenvalue weighted by atomic mass is 79.9. The SMILES string of the molecule is Cc1cc(Br)c(N)c(CCC(=O)c2cc(-c3ccc(N4CCN(C)CC4)nc3)cc3c2ccn3C2CCOCC2)c1. The Morgan fingerprint density at radius 3 is 2.56 bits per heavy atom. The molecule has 7 nitrogen and oxygen atoms in total. The van der Waals surface area contributed by atoms with Gasteiger partial charge in [0.25, 0.3) is 0 Å². The molecule has 0 atom stereocenters. The number of benzene rings is 2. The summed E-state index contributed by atoms with van der Waals surface area (Å²) in [5.74, 6) is 1.13. The van der Waals surface area contributed by atoms with Crippen molar-refractivity contribution in [2.24, 2.45) is 0 Å². The van der Waals surface area contributed by atoms with Gasteiger partial charge in [-0.3, -0.25) is 4.79 Å². The number of nitrogens with two attached hydrogens (primary N) is 1. The minimum Gasteiger partial charge on any atom is -0.398 e. The van der Waals surface area contributed by atoms with Crippen LogP contribution >= 0.6 is 15.9 Å². The summed E-state index contributed by atoms with van der Waals surface area (Å²) >= 11 is 3.56. The zero-order valence-electron chi connectivity index (χ0n) is 23.9. The van der Waals surface area contributed by atoms with E-state index in [1.165, 1.54) is 0 Å². The van der Waals surface area contributed by atoms with Crippen LogP contribution in [-0.4, -0.2) is 66.7 Å². The Morgan fingerprint density at radius 1 is 1.05 bits per heavy atom. The molecule has 2 aromatic heterocycles. The molecule has 2 N–H and O–H groups in total. The number of aryl methyl sites for hydroxylation is 2. The standard InChI is InChI=1S/C33H38BrN5O2/c1-22-17-23(33(35)29(34)18-22)3-5-31(40)28-19-25(20-30-27(28)7-10-39(30)26-8-15-41-16-9-26)24-4-6-32(36-21-24)38-13-11-37(2)12-14-38/h4,6-7,10,17-21,26H,3,5,8-9,11-16,35H2,1-2H3. The summed E-state index contributed by atoms with van der Waals surface area (Å²) in [5.41, 5.74) is 13.1. The lowest BCUT2D eigenvalue weighted by Gasteiger charge is -2.33. The van der Waals surface area contributed by atoms with E-state index in [-0.39, 0.29) is 5.78 Å². The second-order valence-electron chi connectivity index (χ2n) is 11.5. The van der Waals surface area contributed by atoms with Gasteiger partial charge < -0.3 is 24.8 Å². The Kier molecular flexibility index (Phi) is 8.15. The fraction of sp³-hybridized carbons (Fsp3) is 0.394. The average molecular weight is 617 g/mol. The third-order valence-electron chi connectivity index (χ3n) is 8.61. The van der Waals surface area contributed by atoms with Crippen LogP contribution in [0.3, 0.4) is 0 Å². The molecule has 4 aromatic rings. The van der Waals surface area contributed by atoms with Gasteiger partial charge in [0, 0.05) is 96.4 Å². The molecule has 8 heteroatoms. The van der Waals surface area contributed by atoms with E-state index in [0.717, 1.165) is 101 Å². The molecule has 4 heterocycles. The van der Waals surface area contributed by atoms with Crippen molar-refractivity contribution in [3.8, 4) is 11.1 Å². The van der Waals surface area contributed by atoms with E-state index < -0.39 is 0 Å². The Balaban J connectivity index is 1.34. The molecule has 0 spiro atoms. The van der Waals surface area contributed by atoms with E-state index in [9.17, 15) is 4.79 Å². The van der Waals surface area contributed by atoms with Gasteiger partial charge in [-0.1, -0.05) is 6.07 Å². The number of ether oxygens (including phenoxy) is 1. The molecule has 0 radical (unpaired) electrons. The lowest BCUT2D eigenvalue weighted by Crippen LogP contribution is -2.44. The van der Waals surface area contributed by atoms with Gasteiger partial charge >= 0.3 is 0 Å². The molecule has 0 aliphatic carbocycles. The van der Waals surface area contributed by atoms with Gasteiger partial charge in [0.05, 0.1) is 0 Å². The van der Waals surface area contributed by atoms with Crippen molar-refractivity contribution < 1.29 is 9.53 Å². The van der Waals surface area contributed by atoms with Crippen molar-refractivity contribution in [3.05, 3.63) is 76.0 Å². The van der Waals surface area contributed by atoms with Crippen LogP contribution in [0.2, 0.25) is 0 Å². The Labute approximate surface area is 250 Å². The average Bonchev–Trinajstić information content (AvgIpc) is 3.42. The highest BCUT2D eigenvalue weighted by Crippen LogP contribution is 2.34. The van der Waals surface area contributed by atoms with Crippen LogP contribution in [0.5, 0.6) is 0 Å². The van der Waals surface area contributed by atoms with E-state index >= 15 is 0 Å². The zero-order valence-corrected chi connectivity index (χ0v) is 25.5.